The topological polar surface area (TPSA) is 97.8 Å². The Bertz CT molecular complexity index is 661. The number of pyridine rings is 1. The summed E-state index contributed by atoms with van der Waals surface area (Å²) in [6.07, 6.45) is 2.22. The molecule has 1 aromatic rings. The van der Waals surface area contributed by atoms with Crippen LogP contribution in [0.3, 0.4) is 0 Å². The predicted octanol–water partition coefficient (Wildman–Crippen LogP) is 0.00590. The maximum atomic E-state index is 13.0. The summed E-state index contributed by atoms with van der Waals surface area (Å²) >= 11 is 0. The van der Waals surface area contributed by atoms with Crippen LogP contribution in [0.25, 0.3) is 0 Å². The number of ether oxygens (including phenoxy) is 2. The number of carbonyl (C=O) groups excluding carboxylic acids is 1. The lowest BCUT2D eigenvalue weighted by Gasteiger charge is -2.35. The molecule has 0 radical (unpaired) electrons. The molecule has 0 aliphatic carbocycles. The van der Waals surface area contributed by atoms with Gasteiger partial charge in [0.2, 0.25) is 21.8 Å². The van der Waals surface area contributed by atoms with Gasteiger partial charge >= 0.3 is 0 Å². The van der Waals surface area contributed by atoms with Gasteiger partial charge in [0.25, 0.3) is 0 Å². The van der Waals surface area contributed by atoms with Gasteiger partial charge in [-0.3, -0.25) is 4.79 Å². The Kier molecular flexibility index (Phi) is 5.23. The molecule has 1 N–H and O–H groups in total. The predicted molar refractivity (Wildman–Crippen MR) is 82.6 cm³/mol. The van der Waals surface area contributed by atoms with Crippen LogP contribution in [0.1, 0.15) is 12.8 Å². The summed E-state index contributed by atoms with van der Waals surface area (Å²) in [4.78, 5) is 16.3. The molecular formula is C14H21N3O5S. The minimum Gasteiger partial charge on any atom is -0.481 e. The summed E-state index contributed by atoms with van der Waals surface area (Å²) in [7, 11) is 0.508. The third-order valence-electron chi connectivity index (χ3n) is 3.97. The second kappa shape index (κ2) is 6.81. The average molecular weight is 343 g/mol. The van der Waals surface area contributed by atoms with Crippen molar-refractivity contribution in [2.45, 2.75) is 23.3 Å². The van der Waals surface area contributed by atoms with Crippen molar-refractivity contribution in [2.75, 3.05) is 34.4 Å². The summed E-state index contributed by atoms with van der Waals surface area (Å²) in [6.45, 7) is 0.251. The quantitative estimate of drug-likeness (QED) is 0.781. The molecule has 0 spiro atoms. The minimum atomic E-state index is -3.87. The lowest BCUT2D eigenvalue weighted by molar-refractivity contribution is -0.131. The van der Waals surface area contributed by atoms with Gasteiger partial charge in [0.15, 0.2) is 0 Å². The first kappa shape index (κ1) is 17.6. The molecule has 2 heterocycles. The Morgan fingerprint density at radius 3 is 2.70 bits per heavy atom. The van der Waals surface area contributed by atoms with Crippen LogP contribution in [0.4, 0.5) is 0 Å². The third kappa shape index (κ3) is 3.04. The molecule has 1 aliphatic rings. The van der Waals surface area contributed by atoms with Gasteiger partial charge in [0.05, 0.1) is 19.9 Å². The van der Waals surface area contributed by atoms with E-state index in [0.717, 1.165) is 0 Å². The molecule has 1 fully saturated rings. The molecule has 9 heteroatoms. The molecule has 2 rings (SSSR count). The summed E-state index contributed by atoms with van der Waals surface area (Å²) < 4.78 is 37.2. The Labute approximate surface area is 135 Å². The van der Waals surface area contributed by atoms with Crippen LogP contribution in [0.5, 0.6) is 5.88 Å². The smallest absolute Gasteiger partial charge is 0.245 e. The molecule has 23 heavy (non-hydrogen) atoms. The fraction of sp³-hybridized carbons (Fsp3) is 0.571. The first-order chi connectivity index (χ1) is 10.9. The Morgan fingerprint density at radius 2 is 2.17 bits per heavy atom. The van der Waals surface area contributed by atoms with Crippen molar-refractivity contribution in [1.29, 1.82) is 0 Å². The van der Waals surface area contributed by atoms with Gasteiger partial charge in [-0.05, 0) is 18.9 Å². The molecule has 1 aliphatic heterocycles. The molecule has 1 aromatic heterocycles. The van der Waals surface area contributed by atoms with E-state index in [1.165, 1.54) is 43.9 Å². The zero-order valence-corrected chi connectivity index (χ0v) is 14.2. The normalized spacial score (nSPS) is 22.0. The van der Waals surface area contributed by atoms with Gasteiger partial charge in [-0.25, -0.2) is 13.4 Å². The number of carbonyl (C=O) groups is 1. The van der Waals surface area contributed by atoms with Gasteiger partial charge in [-0.2, -0.15) is 4.31 Å². The van der Waals surface area contributed by atoms with Crippen LogP contribution in [0.2, 0.25) is 0 Å². The number of methoxy groups -OCH3 is 2. The van der Waals surface area contributed by atoms with E-state index >= 15 is 0 Å². The summed E-state index contributed by atoms with van der Waals surface area (Å²) in [5.74, 6) is -0.0540. The molecule has 1 amide bonds. The van der Waals surface area contributed by atoms with E-state index in [1.807, 2.05) is 0 Å². The number of aromatic nitrogens is 1. The molecule has 0 aromatic carbocycles. The van der Waals surface area contributed by atoms with Gasteiger partial charge in [-0.15, -0.1) is 0 Å². The lowest BCUT2D eigenvalue weighted by atomic mass is 9.97. The summed E-state index contributed by atoms with van der Waals surface area (Å²) in [5.41, 5.74) is -1.23. The van der Waals surface area contributed by atoms with Crippen molar-refractivity contribution in [2.24, 2.45) is 0 Å². The largest absolute Gasteiger partial charge is 0.481 e. The van der Waals surface area contributed by atoms with E-state index in [9.17, 15) is 13.2 Å². The Morgan fingerprint density at radius 1 is 1.43 bits per heavy atom. The number of amides is 1. The van der Waals surface area contributed by atoms with Gasteiger partial charge < -0.3 is 14.8 Å². The first-order valence-electron chi connectivity index (χ1n) is 7.16. The van der Waals surface area contributed by atoms with E-state index < -0.39 is 15.6 Å². The molecule has 128 valence electrons. The number of rotatable bonds is 6. The highest BCUT2D eigenvalue weighted by atomic mass is 32.2. The Balaban J connectivity index is 2.45. The molecule has 0 saturated carbocycles. The van der Waals surface area contributed by atoms with E-state index in [2.05, 4.69) is 10.3 Å². The molecule has 1 saturated heterocycles. The second-order valence-corrected chi connectivity index (χ2v) is 7.12. The van der Waals surface area contributed by atoms with Crippen LogP contribution >= 0.6 is 0 Å². The van der Waals surface area contributed by atoms with Gasteiger partial charge in [0, 0.05) is 26.8 Å². The number of likely N-dealkylation sites (N-methyl/N-ethyl adjacent to an activating group) is 1. The Hall–Kier alpha value is -1.71. The highest BCUT2D eigenvalue weighted by Crippen LogP contribution is 2.35. The van der Waals surface area contributed by atoms with Crippen LogP contribution in [-0.2, 0) is 19.6 Å². The zero-order chi connectivity index (χ0) is 17.1. The fourth-order valence-electron chi connectivity index (χ4n) is 2.88. The number of sulfonamides is 1. The van der Waals surface area contributed by atoms with Gasteiger partial charge in [-0.1, -0.05) is 0 Å². The van der Waals surface area contributed by atoms with Crippen molar-refractivity contribution in [3.8, 4) is 5.88 Å². The van der Waals surface area contributed by atoms with Gasteiger partial charge in [0.1, 0.15) is 10.4 Å². The average Bonchev–Trinajstić information content (AvgIpc) is 3.00. The van der Waals surface area contributed by atoms with Crippen molar-refractivity contribution in [3.63, 3.8) is 0 Å². The number of nitrogens with zero attached hydrogens (tertiary/aromatic N) is 2. The second-order valence-electron chi connectivity index (χ2n) is 5.26. The minimum absolute atomic E-state index is 0.00448. The highest BCUT2D eigenvalue weighted by Gasteiger charge is 2.52. The van der Waals surface area contributed by atoms with Crippen molar-refractivity contribution in [1.82, 2.24) is 14.6 Å². The number of hydrogen-bond donors (Lipinski definition) is 1. The fourth-order valence-corrected chi connectivity index (χ4v) is 4.62. The van der Waals surface area contributed by atoms with Crippen LogP contribution < -0.4 is 10.1 Å². The third-order valence-corrected chi connectivity index (χ3v) is 5.92. The van der Waals surface area contributed by atoms with Crippen LogP contribution in [0, 0.1) is 0 Å². The zero-order valence-electron chi connectivity index (χ0n) is 13.4. The van der Waals surface area contributed by atoms with Crippen LogP contribution in [0.15, 0.2) is 23.2 Å². The van der Waals surface area contributed by atoms with Crippen molar-refractivity contribution >= 4 is 15.9 Å². The maximum absolute atomic E-state index is 13.0. The summed E-state index contributed by atoms with van der Waals surface area (Å²) in [6, 6.07) is 2.89. The van der Waals surface area contributed by atoms with E-state index in [4.69, 9.17) is 9.47 Å². The van der Waals surface area contributed by atoms with E-state index in [1.54, 1.807) is 0 Å². The number of hydrogen-bond acceptors (Lipinski definition) is 6. The van der Waals surface area contributed by atoms with Crippen LogP contribution in [-0.4, -0.2) is 63.6 Å². The summed E-state index contributed by atoms with van der Waals surface area (Å²) in [5, 5.41) is 2.54. The number of nitrogens with one attached hydrogen (secondary N) is 1. The monoisotopic (exact) mass is 343 g/mol. The van der Waals surface area contributed by atoms with E-state index in [-0.39, 0.29) is 24.0 Å². The molecule has 0 bridgehead atoms. The van der Waals surface area contributed by atoms with E-state index in [0.29, 0.717) is 18.7 Å². The SMILES string of the molecule is CNC(=O)C1(COC)CCCN1S(=O)(=O)c1ccc(OC)nc1. The van der Waals surface area contributed by atoms with Crippen molar-refractivity contribution < 1.29 is 22.7 Å². The standard InChI is InChI=1S/C14H21N3O5S/c1-15-13(18)14(10-21-2)7-4-8-17(14)23(19,20)11-5-6-12(22-3)16-9-11/h5-6,9H,4,7-8,10H2,1-3H3,(H,15,18). The molecule has 1 atom stereocenters. The molecule has 8 nitrogen and oxygen atoms in total. The highest BCUT2D eigenvalue weighted by molar-refractivity contribution is 7.89. The first-order valence-corrected chi connectivity index (χ1v) is 8.60. The lowest BCUT2D eigenvalue weighted by Crippen LogP contribution is -2.59. The molecule has 1 unspecified atom stereocenters. The van der Waals surface area contributed by atoms with Crippen molar-refractivity contribution in [3.05, 3.63) is 18.3 Å². The molecular weight excluding hydrogens is 322 g/mol. The maximum Gasteiger partial charge on any atom is 0.245 e.